The highest BCUT2D eigenvalue weighted by Gasteiger charge is 2.40. The highest BCUT2D eigenvalue weighted by atomic mass is 15.4. The van der Waals surface area contributed by atoms with E-state index in [1.54, 1.807) is 0 Å². The van der Waals surface area contributed by atoms with Crippen LogP contribution in [0.4, 0.5) is 5.95 Å². The molecule has 1 saturated carbocycles. The lowest BCUT2D eigenvalue weighted by Crippen LogP contribution is -2.53. The zero-order chi connectivity index (χ0) is 14.5. The van der Waals surface area contributed by atoms with E-state index in [4.69, 9.17) is 5.73 Å². The van der Waals surface area contributed by atoms with Crippen LogP contribution in [0.25, 0.3) is 11.2 Å². The monoisotopic (exact) mass is 276 g/mol. The van der Waals surface area contributed by atoms with Gasteiger partial charge in [0.1, 0.15) is 5.52 Å². The van der Waals surface area contributed by atoms with Crippen molar-refractivity contribution in [2.75, 3.05) is 19.8 Å². The smallest absolute Gasteiger partial charge is 0.202 e. The number of hydrogen-bond donors (Lipinski definition) is 1. The number of nitrogens with two attached hydrogens (primary N) is 1. The Morgan fingerprint density at radius 2 is 2.05 bits per heavy atom. The third-order valence-corrected chi connectivity index (χ3v) is 4.84. The predicted octanol–water partition coefficient (Wildman–Crippen LogP) is 1.40. The molecule has 0 radical (unpaired) electrons. The van der Waals surface area contributed by atoms with Crippen LogP contribution in [0.15, 0.2) is 0 Å². The van der Waals surface area contributed by atoms with Crippen LogP contribution in [-0.4, -0.2) is 43.9 Å². The van der Waals surface area contributed by atoms with Crippen LogP contribution in [-0.2, 0) is 20.0 Å². The van der Waals surface area contributed by atoms with E-state index in [0.717, 1.165) is 29.8 Å². The largest absolute Gasteiger partial charge is 0.369 e. The first-order valence-corrected chi connectivity index (χ1v) is 7.33. The normalized spacial score (nSPS) is 17.9. The lowest BCUT2D eigenvalue weighted by molar-refractivity contribution is 0.0438. The highest BCUT2D eigenvalue weighted by Crippen LogP contribution is 2.39. The topological polar surface area (TPSA) is 64.9 Å². The number of anilines is 1. The number of likely N-dealkylation sites (N-methyl/N-ethyl adjacent to an activating group) is 1. The van der Waals surface area contributed by atoms with E-state index < -0.39 is 0 Å². The molecule has 0 saturated heterocycles. The van der Waals surface area contributed by atoms with E-state index in [0.29, 0.717) is 5.95 Å². The van der Waals surface area contributed by atoms with Crippen molar-refractivity contribution in [2.45, 2.75) is 44.7 Å². The van der Waals surface area contributed by atoms with E-state index in [1.807, 2.05) is 11.7 Å². The molecule has 0 aromatic carbocycles. The number of nitrogens with zero attached hydrogens (tertiary/aromatic N) is 5. The summed E-state index contributed by atoms with van der Waals surface area (Å²) in [4.78, 5) is 6.88. The summed E-state index contributed by atoms with van der Waals surface area (Å²) in [7, 11) is 6.29. The minimum atomic E-state index is 0.221. The molecule has 2 N–H and O–H groups in total. The predicted molar refractivity (Wildman–Crippen MR) is 80.6 cm³/mol. The molecule has 2 aromatic rings. The molecular formula is C14H24N6. The van der Waals surface area contributed by atoms with Crippen molar-refractivity contribution >= 4 is 17.1 Å². The molecule has 6 heteroatoms. The first-order valence-electron chi connectivity index (χ1n) is 7.33. The number of fused-ring (bicyclic) bond motifs is 1. The Hall–Kier alpha value is -1.56. The second-order valence-corrected chi connectivity index (χ2v) is 6.12. The highest BCUT2D eigenvalue weighted by molar-refractivity contribution is 5.77. The number of aryl methyl sites for hydroxylation is 2. The molecule has 0 unspecified atom stereocenters. The minimum absolute atomic E-state index is 0.221. The molecule has 1 aliphatic rings. The molecule has 0 atom stereocenters. The van der Waals surface area contributed by atoms with Crippen molar-refractivity contribution in [1.29, 1.82) is 0 Å². The minimum Gasteiger partial charge on any atom is -0.369 e. The van der Waals surface area contributed by atoms with Crippen LogP contribution in [0.3, 0.4) is 0 Å². The zero-order valence-electron chi connectivity index (χ0n) is 12.8. The SMILES string of the molecule is CCc1nn(C)c2c1nc(N)n2CC1(N(C)C)CCC1. The second kappa shape index (κ2) is 4.48. The molecule has 110 valence electrons. The second-order valence-electron chi connectivity index (χ2n) is 6.12. The standard InChI is InChI=1S/C14H24N6/c1-5-10-11-12(19(4)17-10)20(13(15)16-11)9-14(18(2)3)7-6-8-14/h5-9H2,1-4H3,(H2,15,16). The fourth-order valence-electron chi connectivity index (χ4n) is 3.28. The molecule has 2 aromatic heterocycles. The molecule has 1 fully saturated rings. The van der Waals surface area contributed by atoms with Gasteiger partial charge in [-0.3, -0.25) is 9.25 Å². The first-order chi connectivity index (χ1) is 9.48. The molecule has 0 amide bonds. The van der Waals surface area contributed by atoms with Crippen molar-refractivity contribution < 1.29 is 0 Å². The summed E-state index contributed by atoms with van der Waals surface area (Å²) in [5.41, 5.74) is 9.43. The van der Waals surface area contributed by atoms with Gasteiger partial charge < -0.3 is 10.6 Å². The van der Waals surface area contributed by atoms with Crippen LogP contribution in [0.1, 0.15) is 31.9 Å². The zero-order valence-corrected chi connectivity index (χ0v) is 12.8. The van der Waals surface area contributed by atoms with Gasteiger partial charge >= 0.3 is 0 Å². The van der Waals surface area contributed by atoms with E-state index >= 15 is 0 Å². The summed E-state index contributed by atoms with van der Waals surface area (Å²) in [6, 6.07) is 0. The maximum Gasteiger partial charge on any atom is 0.202 e. The molecule has 2 heterocycles. The van der Waals surface area contributed by atoms with Gasteiger partial charge in [-0.1, -0.05) is 6.92 Å². The van der Waals surface area contributed by atoms with Gasteiger partial charge in [0.25, 0.3) is 0 Å². The lowest BCUT2D eigenvalue weighted by Gasteiger charge is -2.47. The molecule has 1 aliphatic carbocycles. The summed E-state index contributed by atoms with van der Waals surface area (Å²) in [5, 5.41) is 4.55. The van der Waals surface area contributed by atoms with Gasteiger partial charge in [-0.25, -0.2) is 4.98 Å². The Labute approximate surface area is 119 Å². The van der Waals surface area contributed by atoms with Gasteiger partial charge in [-0.15, -0.1) is 0 Å². The summed E-state index contributed by atoms with van der Waals surface area (Å²) < 4.78 is 4.06. The van der Waals surface area contributed by atoms with Crippen molar-refractivity contribution in [3.05, 3.63) is 5.69 Å². The fraction of sp³-hybridized carbons (Fsp3) is 0.714. The molecule has 0 spiro atoms. The maximum atomic E-state index is 6.17. The third kappa shape index (κ3) is 1.74. The molecule has 3 rings (SSSR count). The summed E-state index contributed by atoms with van der Waals surface area (Å²) in [5.74, 6) is 0.607. The van der Waals surface area contributed by atoms with Gasteiger partial charge in [0.15, 0.2) is 5.65 Å². The number of imidazole rings is 1. The number of nitrogen functional groups attached to an aromatic ring is 1. The van der Waals surface area contributed by atoms with Crippen LogP contribution in [0.5, 0.6) is 0 Å². The average molecular weight is 276 g/mol. The molecule has 0 bridgehead atoms. The summed E-state index contributed by atoms with van der Waals surface area (Å²) in [6.45, 7) is 3.00. The van der Waals surface area contributed by atoms with Crippen LogP contribution >= 0.6 is 0 Å². The van der Waals surface area contributed by atoms with Gasteiger partial charge in [0.2, 0.25) is 5.95 Å². The number of hydrogen-bond acceptors (Lipinski definition) is 4. The molecule has 6 nitrogen and oxygen atoms in total. The van der Waals surface area contributed by atoms with Crippen molar-refractivity contribution in [1.82, 2.24) is 24.2 Å². The van der Waals surface area contributed by atoms with Crippen LogP contribution in [0, 0.1) is 0 Å². The van der Waals surface area contributed by atoms with Gasteiger partial charge in [-0.05, 0) is 39.8 Å². The van der Waals surface area contributed by atoms with Crippen LogP contribution < -0.4 is 5.73 Å². The van der Waals surface area contributed by atoms with Gasteiger partial charge in [0, 0.05) is 19.1 Å². The summed E-state index contributed by atoms with van der Waals surface area (Å²) >= 11 is 0. The quantitative estimate of drug-likeness (QED) is 0.916. The third-order valence-electron chi connectivity index (χ3n) is 4.84. The van der Waals surface area contributed by atoms with Crippen molar-refractivity contribution in [3.8, 4) is 0 Å². The Bertz CT molecular complexity index is 632. The Balaban J connectivity index is 2.07. The molecular weight excluding hydrogens is 252 g/mol. The van der Waals surface area contributed by atoms with Gasteiger partial charge in [0.05, 0.1) is 5.69 Å². The van der Waals surface area contributed by atoms with E-state index in [1.165, 1.54) is 19.3 Å². The summed E-state index contributed by atoms with van der Waals surface area (Å²) in [6.07, 6.45) is 4.61. The molecule has 0 aliphatic heterocycles. The average Bonchev–Trinajstić information content (AvgIpc) is 2.81. The Kier molecular flexibility index (Phi) is 3.01. The Morgan fingerprint density at radius 1 is 1.35 bits per heavy atom. The fourth-order valence-corrected chi connectivity index (χ4v) is 3.28. The number of aromatic nitrogens is 4. The molecule has 20 heavy (non-hydrogen) atoms. The van der Waals surface area contributed by atoms with E-state index in [2.05, 4.69) is 40.6 Å². The van der Waals surface area contributed by atoms with Crippen LogP contribution in [0.2, 0.25) is 0 Å². The maximum absolute atomic E-state index is 6.17. The number of rotatable bonds is 4. The van der Waals surface area contributed by atoms with Crippen molar-refractivity contribution in [2.24, 2.45) is 7.05 Å². The van der Waals surface area contributed by atoms with E-state index in [-0.39, 0.29) is 5.54 Å². The van der Waals surface area contributed by atoms with Crippen molar-refractivity contribution in [3.63, 3.8) is 0 Å². The first kappa shape index (κ1) is 13.4. The van der Waals surface area contributed by atoms with E-state index in [9.17, 15) is 0 Å². The lowest BCUT2D eigenvalue weighted by atomic mass is 9.75. The van der Waals surface area contributed by atoms with Gasteiger partial charge in [-0.2, -0.15) is 5.10 Å². The Morgan fingerprint density at radius 3 is 2.55 bits per heavy atom.